The summed E-state index contributed by atoms with van der Waals surface area (Å²) >= 11 is 0. The minimum atomic E-state index is 0.0310. The van der Waals surface area contributed by atoms with Gasteiger partial charge in [-0.3, -0.25) is 0 Å². The number of nitrogen functional groups attached to an aromatic ring is 3. The monoisotopic (exact) mass is 373 g/mol. The lowest BCUT2D eigenvalue weighted by atomic mass is 10.1. The number of fused-ring (bicyclic) bond motifs is 1. The highest BCUT2D eigenvalue weighted by Crippen LogP contribution is 2.27. The van der Waals surface area contributed by atoms with E-state index in [-0.39, 0.29) is 23.2 Å². The summed E-state index contributed by atoms with van der Waals surface area (Å²) in [5, 5.41) is 0. The van der Waals surface area contributed by atoms with Crippen molar-refractivity contribution >= 4 is 28.7 Å². The number of anilines is 3. The van der Waals surface area contributed by atoms with Crippen LogP contribution < -0.4 is 21.9 Å². The molecule has 4 rings (SSSR count). The van der Waals surface area contributed by atoms with E-state index in [1.807, 2.05) is 42.5 Å². The lowest BCUT2D eigenvalue weighted by molar-refractivity contribution is 0.322. The number of benzene rings is 2. The second-order valence-corrected chi connectivity index (χ2v) is 6.21. The molecular weight excluding hydrogens is 354 g/mol. The van der Waals surface area contributed by atoms with Crippen molar-refractivity contribution in [2.24, 2.45) is 0 Å². The first-order valence-electron chi connectivity index (χ1n) is 8.73. The molecule has 28 heavy (non-hydrogen) atoms. The van der Waals surface area contributed by atoms with Crippen LogP contribution >= 0.6 is 0 Å². The Morgan fingerprint density at radius 3 is 2.25 bits per heavy atom. The van der Waals surface area contributed by atoms with Gasteiger partial charge in [-0.05, 0) is 29.8 Å². The topological polar surface area (TPSA) is 139 Å². The van der Waals surface area contributed by atoms with Crippen LogP contribution in [0.4, 0.5) is 17.6 Å². The Hall–Kier alpha value is -3.94. The van der Waals surface area contributed by atoms with E-state index in [4.69, 9.17) is 21.9 Å². The largest absolute Gasteiger partial charge is 0.493 e. The van der Waals surface area contributed by atoms with E-state index in [0.717, 1.165) is 17.7 Å². The van der Waals surface area contributed by atoms with Crippen LogP contribution in [0, 0.1) is 0 Å². The molecule has 0 aliphatic heterocycles. The van der Waals surface area contributed by atoms with Crippen molar-refractivity contribution in [3.8, 4) is 17.0 Å². The first-order valence-corrected chi connectivity index (χ1v) is 8.73. The van der Waals surface area contributed by atoms with Crippen molar-refractivity contribution in [2.75, 3.05) is 23.8 Å². The van der Waals surface area contributed by atoms with Crippen molar-refractivity contribution in [3.63, 3.8) is 0 Å². The minimum absolute atomic E-state index is 0.0310. The Balaban J connectivity index is 1.53. The maximum atomic E-state index is 6.05. The number of aromatic nitrogens is 4. The van der Waals surface area contributed by atoms with Gasteiger partial charge < -0.3 is 21.9 Å². The van der Waals surface area contributed by atoms with E-state index in [1.165, 1.54) is 5.56 Å². The van der Waals surface area contributed by atoms with E-state index in [0.29, 0.717) is 17.8 Å². The second-order valence-electron chi connectivity index (χ2n) is 6.21. The third-order valence-corrected chi connectivity index (χ3v) is 4.23. The fourth-order valence-electron chi connectivity index (χ4n) is 2.85. The third kappa shape index (κ3) is 3.61. The van der Waals surface area contributed by atoms with Gasteiger partial charge in [0, 0.05) is 12.0 Å². The second kappa shape index (κ2) is 7.36. The summed E-state index contributed by atoms with van der Waals surface area (Å²) in [4.78, 5) is 16.7. The quantitative estimate of drug-likeness (QED) is 0.485. The van der Waals surface area contributed by atoms with Gasteiger partial charge in [0.25, 0.3) is 0 Å². The highest BCUT2D eigenvalue weighted by atomic mass is 16.5. The number of rotatable bonds is 5. The molecule has 0 amide bonds. The molecule has 0 atom stereocenters. The molecule has 2 heterocycles. The van der Waals surface area contributed by atoms with Crippen LogP contribution in [0.5, 0.6) is 5.75 Å². The molecule has 6 N–H and O–H groups in total. The minimum Gasteiger partial charge on any atom is -0.493 e. The highest BCUT2D eigenvalue weighted by molar-refractivity contribution is 5.87. The summed E-state index contributed by atoms with van der Waals surface area (Å²) in [6.45, 7) is 0.594. The highest BCUT2D eigenvalue weighted by Gasteiger charge is 2.13. The number of hydrogen-bond donors (Lipinski definition) is 3. The average molecular weight is 373 g/mol. The summed E-state index contributed by atoms with van der Waals surface area (Å²) in [6, 6.07) is 17.7. The molecule has 0 fully saturated rings. The zero-order valence-corrected chi connectivity index (χ0v) is 15.0. The number of hydrogen-bond acceptors (Lipinski definition) is 8. The van der Waals surface area contributed by atoms with E-state index in [9.17, 15) is 0 Å². The lowest BCUT2D eigenvalue weighted by Gasteiger charge is -2.09. The molecule has 0 bridgehead atoms. The van der Waals surface area contributed by atoms with Gasteiger partial charge in [-0.1, -0.05) is 30.3 Å². The smallest absolute Gasteiger partial charge is 0.224 e. The van der Waals surface area contributed by atoms with Crippen molar-refractivity contribution < 1.29 is 4.74 Å². The van der Waals surface area contributed by atoms with Crippen LogP contribution in [0.3, 0.4) is 0 Å². The van der Waals surface area contributed by atoms with Crippen LogP contribution in [0.15, 0.2) is 54.6 Å². The van der Waals surface area contributed by atoms with E-state index < -0.39 is 0 Å². The van der Waals surface area contributed by atoms with E-state index >= 15 is 0 Å². The average Bonchev–Trinajstić information content (AvgIpc) is 2.69. The van der Waals surface area contributed by atoms with Gasteiger partial charge in [0.05, 0.1) is 6.61 Å². The fraction of sp³-hybridized carbons (Fsp3) is 0.100. The molecule has 0 spiro atoms. The Bertz CT molecular complexity index is 1110. The first kappa shape index (κ1) is 17.5. The predicted octanol–water partition coefficient (Wildman–Crippen LogP) is 2.45. The van der Waals surface area contributed by atoms with Crippen LogP contribution in [0.2, 0.25) is 0 Å². The number of nitrogens with two attached hydrogens (primary N) is 3. The molecule has 2 aromatic heterocycles. The van der Waals surface area contributed by atoms with E-state index in [1.54, 1.807) is 0 Å². The van der Waals surface area contributed by atoms with Crippen molar-refractivity contribution in [1.82, 2.24) is 19.9 Å². The van der Waals surface area contributed by atoms with Crippen molar-refractivity contribution in [2.45, 2.75) is 6.42 Å². The molecule has 2 aromatic carbocycles. The van der Waals surface area contributed by atoms with Gasteiger partial charge in [0.1, 0.15) is 11.4 Å². The Kier molecular flexibility index (Phi) is 4.59. The zero-order chi connectivity index (χ0) is 19.5. The molecule has 0 saturated carbocycles. The third-order valence-electron chi connectivity index (χ3n) is 4.23. The molecule has 0 unspecified atom stereocenters. The Morgan fingerprint density at radius 2 is 1.50 bits per heavy atom. The summed E-state index contributed by atoms with van der Waals surface area (Å²) in [7, 11) is 0. The predicted molar refractivity (Wildman–Crippen MR) is 109 cm³/mol. The standard InChI is InChI=1S/C20H19N7O/c21-17-15(24-16-18(22)26-20(23)27-19(16)25-17)13-6-8-14(9-7-13)28-11-10-12-4-2-1-3-5-12/h1-9H,10-11H2,(H6,21,22,23,25,26,27). The van der Waals surface area contributed by atoms with Crippen molar-refractivity contribution in [1.29, 1.82) is 0 Å². The van der Waals surface area contributed by atoms with Gasteiger partial charge in [-0.25, -0.2) is 9.97 Å². The van der Waals surface area contributed by atoms with Gasteiger partial charge >= 0.3 is 0 Å². The number of nitrogens with zero attached hydrogens (tertiary/aromatic N) is 4. The summed E-state index contributed by atoms with van der Waals surface area (Å²) < 4.78 is 5.81. The van der Waals surface area contributed by atoms with Gasteiger partial charge in [0.2, 0.25) is 5.95 Å². The first-order chi connectivity index (χ1) is 13.6. The van der Waals surface area contributed by atoms with Gasteiger partial charge in [-0.15, -0.1) is 0 Å². The maximum Gasteiger partial charge on any atom is 0.224 e. The summed E-state index contributed by atoms with van der Waals surface area (Å²) in [5.41, 5.74) is 20.7. The van der Waals surface area contributed by atoms with Crippen LogP contribution in [0.1, 0.15) is 5.56 Å². The maximum absolute atomic E-state index is 6.05. The van der Waals surface area contributed by atoms with Crippen LogP contribution in [-0.2, 0) is 6.42 Å². The summed E-state index contributed by atoms with van der Waals surface area (Å²) in [6.07, 6.45) is 0.841. The number of ether oxygens (including phenoxy) is 1. The fourth-order valence-corrected chi connectivity index (χ4v) is 2.85. The Labute approximate surface area is 161 Å². The lowest BCUT2D eigenvalue weighted by Crippen LogP contribution is -2.06. The molecule has 0 aliphatic rings. The van der Waals surface area contributed by atoms with Crippen LogP contribution in [0.25, 0.3) is 22.4 Å². The normalized spacial score (nSPS) is 10.9. The molecule has 4 aromatic rings. The molecule has 0 radical (unpaired) electrons. The summed E-state index contributed by atoms with van der Waals surface area (Å²) in [5.74, 6) is 1.20. The van der Waals surface area contributed by atoms with Gasteiger partial charge in [-0.2, -0.15) is 9.97 Å². The Morgan fingerprint density at radius 1 is 0.750 bits per heavy atom. The SMILES string of the molecule is Nc1nc(N)c2nc(-c3ccc(OCCc4ccccc4)cc3)c(N)nc2n1. The zero-order valence-electron chi connectivity index (χ0n) is 15.0. The molecule has 8 heteroatoms. The van der Waals surface area contributed by atoms with Crippen LogP contribution in [-0.4, -0.2) is 26.5 Å². The van der Waals surface area contributed by atoms with Gasteiger partial charge in [0.15, 0.2) is 22.8 Å². The van der Waals surface area contributed by atoms with E-state index in [2.05, 4.69) is 32.1 Å². The molecular formula is C20H19N7O. The molecule has 0 saturated heterocycles. The molecule has 8 nitrogen and oxygen atoms in total. The molecule has 0 aliphatic carbocycles. The molecule has 140 valence electrons. The van der Waals surface area contributed by atoms with Crippen molar-refractivity contribution in [3.05, 3.63) is 60.2 Å².